The van der Waals surface area contributed by atoms with Gasteiger partial charge in [0.1, 0.15) is 0 Å². The summed E-state index contributed by atoms with van der Waals surface area (Å²) < 4.78 is 1.89. The molecule has 1 aromatic heterocycles. The van der Waals surface area contributed by atoms with Crippen molar-refractivity contribution in [2.24, 2.45) is 0 Å². The van der Waals surface area contributed by atoms with Crippen molar-refractivity contribution in [2.45, 2.75) is 20.3 Å². The average Bonchev–Trinajstić information content (AvgIpc) is 2.92. The van der Waals surface area contributed by atoms with E-state index in [4.69, 9.17) is 0 Å². The van der Waals surface area contributed by atoms with Gasteiger partial charge in [-0.05, 0) is 57.1 Å². The third kappa shape index (κ3) is 3.68. The standard InChI is InChI=1S/C18H22N4O/c1-13-11-14(2)22(21-13)17-5-3-16(4-6-17)18(23)20-12-15-7-9-19-10-8-15/h3-7,11,19H,8-10,12H2,1-2H3,(H,20,23). The van der Waals surface area contributed by atoms with E-state index in [1.807, 2.05) is 48.9 Å². The fourth-order valence-corrected chi connectivity index (χ4v) is 2.77. The van der Waals surface area contributed by atoms with Crippen LogP contribution in [-0.2, 0) is 0 Å². The Morgan fingerprint density at radius 1 is 1.30 bits per heavy atom. The number of nitrogens with one attached hydrogen (secondary N) is 2. The van der Waals surface area contributed by atoms with Gasteiger partial charge < -0.3 is 10.6 Å². The van der Waals surface area contributed by atoms with Crippen LogP contribution in [0.25, 0.3) is 5.69 Å². The van der Waals surface area contributed by atoms with Crippen LogP contribution >= 0.6 is 0 Å². The van der Waals surface area contributed by atoms with E-state index in [1.54, 1.807) is 0 Å². The van der Waals surface area contributed by atoms with Crippen molar-refractivity contribution in [3.05, 3.63) is 58.9 Å². The van der Waals surface area contributed by atoms with E-state index in [1.165, 1.54) is 5.57 Å². The summed E-state index contributed by atoms with van der Waals surface area (Å²) in [4.78, 5) is 12.2. The van der Waals surface area contributed by atoms with Crippen LogP contribution in [0.3, 0.4) is 0 Å². The molecule has 0 bridgehead atoms. The predicted octanol–water partition coefficient (Wildman–Crippen LogP) is 2.14. The molecule has 5 heteroatoms. The second-order valence-electron chi connectivity index (χ2n) is 5.88. The summed E-state index contributed by atoms with van der Waals surface area (Å²) in [6.45, 7) is 6.50. The van der Waals surface area contributed by atoms with Gasteiger partial charge in [0.05, 0.1) is 11.4 Å². The molecule has 0 unspecified atom stereocenters. The Morgan fingerprint density at radius 2 is 2.09 bits per heavy atom. The molecule has 0 saturated heterocycles. The van der Waals surface area contributed by atoms with Crippen molar-refractivity contribution in [1.29, 1.82) is 0 Å². The van der Waals surface area contributed by atoms with Crippen LogP contribution in [0.4, 0.5) is 0 Å². The molecule has 120 valence electrons. The lowest BCUT2D eigenvalue weighted by molar-refractivity contribution is 0.0956. The van der Waals surface area contributed by atoms with Gasteiger partial charge >= 0.3 is 0 Å². The molecule has 1 aliphatic heterocycles. The molecule has 2 aromatic rings. The summed E-state index contributed by atoms with van der Waals surface area (Å²) >= 11 is 0. The monoisotopic (exact) mass is 310 g/mol. The van der Waals surface area contributed by atoms with Crippen molar-refractivity contribution in [3.63, 3.8) is 0 Å². The number of aryl methyl sites for hydroxylation is 2. The maximum atomic E-state index is 12.2. The first kappa shape index (κ1) is 15.5. The molecule has 0 spiro atoms. The van der Waals surface area contributed by atoms with Crippen molar-refractivity contribution in [2.75, 3.05) is 19.6 Å². The Hall–Kier alpha value is -2.40. The van der Waals surface area contributed by atoms with E-state index in [2.05, 4.69) is 21.8 Å². The Kier molecular flexibility index (Phi) is 4.57. The van der Waals surface area contributed by atoms with E-state index in [9.17, 15) is 4.79 Å². The molecule has 1 aliphatic rings. The lowest BCUT2D eigenvalue weighted by Crippen LogP contribution is -2.29. The highest BCUT2D eigenvalue weighted by Crippen LogP contribution is 2.13. The molecule has 0 saturated carbocycles. The fraction of sp³-hybridized carbons (Fsp3) is 0.333. The quantitative estimate of drug-likeness (QED) is 0.851. The summed E-state index contributed by atoms with van der Waals surface area (Å²) in [5, 5.41) is 10.7. The molecule has 0 radical (unpaired) electrons. The highest BCUT2D eigenvalue weighted by molar-refractivity contribution is 5.94. The van der Waals surface area contributed by atoms with Crippen molar-refractivity contribution in [1.82, 2.24) is 20.4 Å². The van der Waals surface area contributed by atoms with Crippen LogP contribution in [0, 0.1) is 13.8 Å². The summed E-state index contributed by atoms with van der Waals surface area (Å²) in [7, 11) is 0. The van der Waals surface area contributed by atoms with E-state index in [0.29, 0.717) is 12.1 Å². The Balaban J connectivity index is 1.65. The molecule has 5 nitrogen and oxygen atoms in total. The predicted molar refractivity (Wildman–Crippen MR) is 90.9 cm³/mol. The molecule has 1 aromatic carbocycles. The smallest absolute Gasteiger partial charge is 0.251 e. The molecule has 0 atom stereocenters. The number of hydrogen-bond acceptors (Lipinski definition) is 3. The van der Waals surface area contributed by atoms with E-state index < -0.39 is 0 Å². The van der Waals surface area contributed by atoms with Crippen molar-refractivity contribution in [3.8, 4) is 5.69 Å². The first-order valence-corrected chi connectivity index (χ1v) is 7.94. The molecule has 2 heterocycles. The number of carbonyl (C=O) groups excluding carboxylic acids is 1. The van der Waals surface area contributed by atoms with E-state index in [0.717, 1.165) is 36.6 Å². The third-order valence-corrected chi connectivity index (χ3v) is 4.02. The summed E-state index contributed by atoms with van der Waals surface area (Å²) in [6, 6.07) is 9.58. The van der Waals surface area contributed by atoms with Gasteiger partial charge in [-0.2, -0.15) is 5.10 Å². The minimum absolute atomic E-state index is 0.0376. The first-order valence-electron chi connectivity index (χ1n) is 7.94. The van der Waals surface area contributed by atoms with Gasteiger partial charge in [0.25, 0.3) is 5.91 Å². The van der Waals surface area contributed by atoms with Gasteiger partial charge in [-0.15, -0.1) is 0 Å². The highest BCUT2D eigenvalue weighted by Gasteiger charge is 2.09. The molecule has 2 N–H and O–H groups in total. The number of rotatable bonds is 4. The van der Waals surface area contributed by atoms with Crippen molar-refractivity contribution < 1.29 is 4.79 Å². The molecule has 0 aliphatic carbocycles. The Labute approximate surface area is 136 Å². The number of hydrogen-bond donors (Lipinski definition) is 2. The normalized spacial score (nSPS) is 14.4. The average molecular weight is 310 g/mol. The summed E-state index contributed by atoms with van der Waals surface area (Å²) in [5.41, 5.74) is 4.99. The lowest BCUT2D eigenvalue weighted by atomic mass is 10.1. The molecule has 3 rings (SSSR count). The van der Waals surface area contributed by atoms with Crippen LogP contribution in [-0.4, -0.2) is 35.3 Å². The largest absolute Gasteiger partial charge is 0.348 e. The molecule has 1 amide bonds. The van der Waals surface area contributed by atoms with Gasteiger partial charge in [0.2, 0.25) is 0 Å². The minimum atomic E-state index is -0.0376. The number of amides is 1. The maximum Gasteiger partial charge on any atom is 0.251 e. The zero-order chi connectivity index (χ0) is 16.2. The van der Waals surface area contributed by atoms with Gasteiger partial charge in [0.15, 0.2) is 0 Å². The van der Waals surface area contributed by atoms with Gasteiger partial charge in [-0.25, -0.2) is 4.68 Å². The number of aromatic nitrogens is 2. The molecular weight excluding hydrogens is 288 g/mol. The fourth-order valence-electron chi connectivity index (χ4n) is 2.77. The van der Waals surface area contributed by atoms with E-state index in [-0.39, 0.29) is 5.91 Å². The van der Waals surface area contributed by atoms with Crippen LogP contribution < -0.4 is 10.6 Å². The van der Waals surface area contributed by atoms with Crippen LogP contribution in [0.5, 0.6) is 0 Å². The summed E-state index contributed by atoms with van der Waals surface area (Å²) in [6.07, 6.45) is 3.15. The van der Waals surface area contributed by atoms with Crippen LogP contribution in [0.15, 0.2) is 42.0 Å². The minimum Gasteiger partial charge on any atom is -0.348 e. The van der Waals surface area contributed by atoms with Crippen molar-refractivity contribution >= 4 is 5.91 Å². The van der Waals surface area contributed by atoms with Gasteiger partial charge in [-0.3, -0.25) is 4.79 Å². The molecule has 0 fully saturated rings. The van der Waals surface area contributed by atoms with E-state index >= 15 is 0 Å². The third-order valence-electron chi connectivity index (χ3n) is 4.02. The number of benzene rings is 1. The maximum absolute atomic E-state index is 12.2. The number of carbonyl (C=O) groups is 1. The van der Waals surface area contributed by atoms with Gasteiger partial charge in [-0.1, -0.05) is 11.6 Å². The zero-order valence-corrected chi connectivity index (χ0v) is 13.6. The number of nitrogens with zero attached hydrogens (tertiary/aromatic N) is 2. The molecular formula is C18H22N4O. The topological polar surface area (TPSA) is 59.0 Å². The Bertz CT molecular complexity index is 728. The highest BCUT2D eigenvalue weighted by atomic mass is 16.1. The second kappa shape index (κ2) is 6.79. The Morgan fingerprint density at radius 3 is 2.70 bits per heavy atom. The summed E-state index contributed by atoms with van der Waals surface area (Å²) in [5.74, 6) is -0.0376. The molecule has 23 heavy (non-hydrogen) atoms. The second-order valence-corrected chi connectivity index (χ2v) is 5.88. The lowest BCUT2D eigenvalue weighted by Gasteiger charge is -2.14. The van der Waals surface area contributed by atoms with Crippen LogP contribution in [0.1, 0.15) is 28.2 Å². The SMILES string of the molecule is Cc1cc(C)n(-c2ccc(C(=O)NCC3=CCNCC3)cc2)n1. The van der Waals surface area contributed by atoms with Gasteiger partial charge in [0, 0.05) is 24.3 Å². The van der Waals surface area contributed by atoms with Crippen LogP contribution in [0.2, 0.25) is 0 Å². The zero-order valence-electron chi connectivity index (χ0n) is 13.6. The first-order chi connectivity index (χ1) is 11.1.